The molecule has 0 spiro atoms. The van der Waals surface area contributed by atoms with Gasteiger partial charge in [-0.25, -0.2) is 0 Å². The summed E-state index contributed by atoms with van der Waals surface area (Å²) in [7, 11) is 0. The lowest BCUT2D eigenvalue weighted by Gasteiger charge is -2.26. The maximum atomic E-state index is 8.68. The number of fused-ring (bicyclic) bond motifs is 3. The van der Waals surface area contributed by atoms with Crippen LogP contribution in [0.1, 0.15) is 17.5 Å². The topological polar surface area (TPSA) is 36.4 Å². The molecule has 0 saturated heterocycles. The van der Waals surface area contributed by atoms with Gasteiger partial charge < -0.3 is 5.53 Å². The zero-order valence-electron chi connectivity index (χ0n) is 7.57. The summed E-state index contributed by atoms with van der Waals surface area (Å²) < 4.78 is 0. The normalized spacial score (nSPS) is 17.0. The predicted octanol–water partition coefficient (Wildman–Crippen LogP) is 2.54. The Morgan fingerprint density at radius 3 is 2.64 bits per heavy atom. The Kier molecular flexibility index (Phi) is 1.35. The van der Waals surface area contributed by atoms with Crippen molar-refractivity contribution >= 4 is 16.9 Å². The molecule has 0 bridgehead atoms. The predicted molar refractivity (Wildman–Crippen MR) is 55.6 cm³/mol. The molecular formula is C12H8N2. The highest BCUT2D eigenvalue weighted by molar-refractivity contribution is 6.17. The first-order chi connectivity index (χ1) is 6.90. The molecule has 3 rings (SSSR count). The van der Waals surface area contributed by atoms with E-state index in [0.717, 1.165) is 12.1 Å². The largest absolute Gasteiger partial charge is 0.361 e. The average Bonchev–Trinajstić information content (AvgIpc) is 2.25. The molecule has 2 aliphatic carbocycles. The minimum Gasteiger partial charge on any atom is -0.361 e. The van der Waals surface area contributed by atoms with E-state index in [-0.39, 0.29) is 0 Å². The minimum absolute atomic E-state index is 0.734. The van der Waals surface area contributed by atoms with Crippen LogP contribution in [-0.4, -0.2) is 10.5 Å². The van der Waals surface area contributed by atoms with E-state index in [1.807, 2.05) is 24.3 Å². The summed E-state index contributed by atoms with van der Waals surface area (Å²) in [6, 6.07) is 8.32. The van der Waals surface area contributed by atoms with Crippen molar-refractivity contribution in [1.29, 1.82) is 0 Å². The van der Waals surface area contributed by atoms with Crippen molar-refractivity contribution in [2.75, 3.05) is 0 Å². The van der Waals surface area contributed by atoms with Gasteiger partial charge in [-0.3, -0.25) is 0 Å². The first-order valence-electron chi connectivity index (χ1n) is 4.62. The number of rotatable bonds is 0. The number of hydrogen-bond donors (Lipinski definition) is 0. The zero-order valence-corrected chi connectivity index (χ0v) is 7.57. The summed E-state index contributed by atoms with van der Waals surface area (Å²) in [6.07, 6.45) is 4.64. The lowest BCUT2D eigenvalue weighted by molar-refractivity contribution is -0.00517. The van der Waals surface area contributed by atoms with Crippen molar-refractivity contribution in [3.05, 3.63) is 53.1 Å². The Hall–Kier alpha value is -1.92. The van der Waals surface area contributed by atoms with Crippen LogP contribution < -0.4 is 0 Å². The molecule has 0 heterocycles. The van der Waals surface area contributed by atoms with E-state index in [9.17, 15) is 0 Å². The number of hydrogen-bond acceptors (Lipinski definition) is 0. The highest BCUT2D eigenvalue weighted by atomic mass is 14.9. The zero-order chi connectivity index (χ0) is 9.54. The average molecular weight is 180 g/mol. The Morgan fingerprint density at radius 1 is 1.07 bits per heavy atom. The van der Waals surface area contributed by atoms with Gasteiger partial charge in [-0.15, -0.1) is 0 Å². The smallest absolute Gasteiger partial charge is 0.296 e. The van der Waals surface area contributed by atoms with E-state index in [0.29, 0.717) is 0 Å². The van der Waals surface area contributed by atoms with Crippen molar-refractivity contribution in [3.63, 3.8) is 0 Å². The van der Waals surface area contributed by atoms with Gasteiger partial charge in [-0.2, -0.15) is 4.79 Å². The molecule has 1 aromatic carbocycles. The second-order valence-electron chi connectivity index (χ2n) is 3.54. The van der Waals surface area contributed by atoms with E-state index >= 15 is 0 Å². The first-order valence-corrected chi connectivity index (χ1v) is 4.62. The Labute approximate surface area is 81.8 Å². The van der Waals surface area contributed by atoms with E-state index in [1.54, 1.807) is 0 Å². The molecule has 0 saturated carbocycles. The lowest BCUT2D eigenvalue weighted by atomic mass is 9.75. The van der Waals surface area contributed by atoms with E-state index in [2.05, 4.69) is 16.9 Å². The summed E-state index contributed by atoms with van der Waals surface area (Å²) >= 11 is 0. The molecule has 0 aromatic heterocycles. The maximum absolute atomic E-state index is 8.68. The summed E-state index contributed by atoms with van der Waals surface area (Å²) in [5, 5.41) is 0. The van der Waals surface area contributed by atoms with Crippen LogP contribution >= 0.6 is 0 Å². The maximum Gasteiger partial charge on any atom is 0.296 e. The third-order valence-electron chi connectivity index (χ3n) is 2.80. The van der Waals surface area contributed by atoms with Crippen molar-refractivity contribution in [2.24, 2.45) is 0 Å². The molecular weight excluding hydrogens is 172 g/mol. The molecule has 0 N–H and O–H groups in total. The minimum atomic E-state index is 0.734. The molecule has 2 heteroatoms. The molecule has 0 radical (unpaired) electrons. The van der Waals surface area contributed by atoms with Crippen LogP contribution in [-0.2, 0) is 0 Å². The number of nitrogens with zero attached hydrogens (tertiary/aromatic N) is 2. The van der Waals surface area contributed by atoms with Crippen molar-refractivity contribution in [2.45, 2.75) is 6.42 Å². The van der Waals surface area contributed by atoms with Gasteiger partial charge in [-0.05, 0) is 28.3 Å². The van der Waals surface area contributed by atoms with Gasteiger partial charge in [0.1, 0.15) is 0 Å². The number of allylic oxidation sites excluding steroid dienone is 4. The quantitative estimate of drug-likeness (QED) is 0.434. The standard InChI is InChI=1S/C12H8N2/c13-14-8-5-6-11-9-3-1-2-4-10(9)12(11)7-8/h1-6H,7H2. The van der Waals surface area contributed by atoms with E-state index in [4.69, 9.17) is 5.53 Å². The molecule has 0 fully saturated rings. The molecule has 66 valence electrons. The third kappa shape index (κ3) is 0.808. The highest BCUT2D eigenvalue weighted by Gasteiger charge is 2.28. The highest BCUT2D eigenvalue weighted by Crippen LogP contribution is 2.44. The van der Waals surface area contributed by atoms with Gasteiger partial charge in [0.05, 0.1) is 6.42 Å². The van der Waals surface area contributed by atoms with Gasteiger partial charge in [0.15, 0.2) is 0 Å². The summed E-state index contributed by atoms with van der Waals surface area (Å²) in [5.41, 5.74) is 14.6. The Morgan fingerprint density at radius 2 is 1.86 bits per heavy atom. The number of benzene rings is 1. The summed E-state index contributed by atoms with van der Waals surface area (Å²) in [4.78, 5) is 3.23. The van der Waals surface area contributed by atoms with Crippen LogP contribution in [0.15, 0.2) is 36.4 Å². The Bertz CT molecular complexity index is 529. The van der Waals surface area contributed by atoms with Crippen LogP contribution in [0.2, 0.25) is 0 Å². The van der Waals surface area contributed by atoms with Crippen LogP contribution in [0.5, 0.6) is 0 Å². The molecule has 2 nitrogen and oxygen atoms in total. The summed E-state index contributed by atoms with van der Waals surface area (Å²) in [6.45, 7) is 0. The molecule has 0 unspecified atom stereocenters. The summed E-state index contributed by atoms with van der Waals surface area (Å²) in [5.74, 6) is 0. The van der Waals surface area contributed by atoms with Crippen LogP contribution in [0, 0.1) is 0 Å². The molecule has 0 atom stereocenters. The van der Waals surface area contributed by atoms with Crippen LogP contribution in [0.3, 0.4) is 0 Å². The van der Waals surface area contributed by atoms with Gasteiger partial charge in [0.25, 0.3) is 5.71 Å². The Balaban J connectivity index is 2.13. The first kappa shape index (κ1) is 7.48. The van der Waals surface area contributed by atoms with Crippen molar-refractivity contribution < 1.29 is 4.79 Å². The van der Waals surface area contributed by atoms with Crippen LogP contribution in [0.4, 0.5) is 0 Å². The molecule has 2 aliphatic rings. The lowest BCUT2D eigenvalue weighted by Crippen LogP contribution is -2.12. The van der Waals surface area contributed by atoms with Crippen molar-refractivity contribution in [3.8, 4) is 0 Å². The fraction of sp³-hybridized carbons (Fsp3) is 0.0833. The second-order valence-corrected chi connectivity index (χ2v) is 3.54. The molecule has 14 heavy (non-hydrogen) atoms. The fourth-order valence-electron chi connectivity index (χ4n) is 2.10. The second kappa shape index (κ2) is 2.53. The fourth-order valence-corrected chi connectivity index (χ4v) is 2.10. The molecule has 1 aromatic rings. The third-order valence-corrected chi connectivity index (χ3v) is 2.80. The van der Waals surface area contributed by atoms with E-state index in [1.165, 1.54) is 22.3 Å². The van der Waals surface area contributed by atoms with Crippen LogP contribution in [0.25, 0.3) is 16.7 Å². The van der Waals surface area contributed by atoms with E-state index < -0.39 is 0 Å². The van der Waals surface area contributed by atoms with Gasteiger partial charge >= 0.3 is 0 Å². The SMILES string of the molecule is [N-]=[N+]=C1C=CC2=C(C1)c1ccccc12. The monoisotopic (exact) mass is 180 g/mol. The van der Waals surface area contributed by atoms with Gasteiger partial charge in [0.2, 0.25) is 0 Å². The molecule has 0 amide bonds. The van der Waals surface area contributed by atoms with Crippen molar-refractivity contribution in [1.82, 2.24) is 0 Å². The molecule has 0 aliphatic heterocycles. The van der Waals surface area contributed by atoms with Gasteiger partial charge in [0, 0.05) is 6.08 Å². The van der Waals surface area contributed by atoms with Gasteiger partial charge in [-0.1, -0.05) is 24.3 Å².